The van der Waals surface area contributed by atoms with E-state index in [0.717, 1.165) is 37.5 Å². The van der Waals surface area contributed by atoms with Crippen molar-refractivity contribution in [3.8, 4) is 5.75 Å². The molecule has 3 rings (SSSR count). The predicted molar refractivity (Wildman–Crippen MR) is 81.6 cm³/mol. The average Bonchev–Trinajstić information content (AvgIpc) is 3.09. The standard InChI is InChI=1S/C16H20N4O2/c1-12-2-4-14(5-3-12)22-10-15(21)20-8-6-13(7-9-20)16-17-11-18-19-16/h2-5,11,13H,6-10H2,1H3,(H,17,18,19). The minimum Gasteiger partial charge on any atom is -0.484 e. The van der Waals surface area contributed by atoms with Crippen molar-refractivity contribution in [1.82, 2.24) is 20.1 Å². The summed E-state index contributed by atoms with van der Waals surface area (Å²) in [6.45, 7) is 3.59. The van der Waals surface area contributed by atoms with Gasteiger partial charge in [0.15, 0.2) is 6.61 Å². The number of piperidine rings is 1. The number of rotatable bonds is 4. The van der Waals surface area contributed by atoms with Crippen LogP contribution in [0.3, 0.4) is 0 Å². The fraction of sp³-hybridized carbons (Fsp3) is 0.438. The molecule has 0 spiro atoms. The van der Waals surface area contributed by atoms with E-state index in [0.29, 0.717) is 5.92 Å². The van der Waals surface area contributed by atoms with Gasteiger partial charge in [0, 0.05) is 19.0 Å². The first-order valence-electron chi connectivity index (χ1n) is 7.55. The van der Waals surface area contributed by atoms with Gasteiger partial charge in [-0.05, 0) is 31.9 Å². The van der Waals surface area contributed by atoms with Gasteiger partial charge >= 0.3 is 0 Å². The molecular weight excluding hydrogens is 280 g/mol. The third kappa shape index (κ3) is 3.44. The zero-order chi connectivity index (χ0) is 15.4. The van der Waals surface area contributed by atoms with Crippen molar-refractivity contribution in [3.05, 3.63) is 42.0 Å². The summed E-state index contributed by atoms with van der Waals surface area (Å²) in [6.07, 6.45) is 3.35. The molecule has 1 aliphatic heterocycles. The summed E-state index contributed by atoms with van der Waals surface area (Å²) in [4.78, 5) is 18.3. The highest BCUT2D eigenvalue weighted by Gasteiger charge is 2.25. The van der Waals surface area contributed by atoms with Gasteiger partial charge in [-0.15, -0.1) is 0 Å². The highest BCUT2D eigenvalue weighted by atomic mass is 16.5. The molecule has 1 saturated heterocycles. The molecule has 1 amide bonds. The second kappa shape index (κ2) is 6.60. The Morgan fingerprint density at radius 3 is 2.68 bits per heavy atom. The van der Waals surface area contributed by atoms with Gasteiger partial charge < -0.3 is 9.64 Å². The molecule has 0 atom stereocenters. The first-order valence-corrected chi connectivity index (χ1v) is 7.55. The fourth-order valence-corrected chi connectivity index (χ4v) is 2.68. The number of aromatic amines is 1. The second-order valence-electron chi connectivity index (χ2n) is 5.63. The zero-order valence-electron chi connectivity index (χ0n) is 12.7. The van der Waals surface area contributed by atoms with Gasteiger partial charge in [0.05, 0.1) is 0 Å². The number of carbonyl (C=O) groups is 1. The lowest BCUT2D eigenvalue weighted by Gasteiger charge is -2.30. The van der Waals surface area contributed by atoms with E-state index in [1.807, 2.05) is 36.1 Å². The van der Waals surface area contributed by atoms with Gasteiger partial charge in [0.2, 0.25) is 0 Å². The SMILES string of the molecule is Cc1ccc(OCC(=O)N2CCC(c3ncn[nH]3)CC2)cc1. The lowest BCUT2D eigenvalue weighted by molar-refractivity contribution is -0.134. The van der Waals surface area contributed by atoms with Crippen LogP contribution in [0.5, 0.6) is 5.75 Å². The quantitative estimate of drug-likeness (QED) is 0.936. The van der Waals surface area contributed by atoms with E-state index >= 15 is 0 Å². The maximum Gasteiger partial charge on any atom is 0.260 e. The van der Waals surface area contributed by atoms with Crippen LogP contribution in [0.2, 0.25) is 0 Å². The zero-order valence-corrected chi connectivity index (χ0v) is 12.7. The smallest absolute Gasteiger partial charge is 0.260 e. The molecule has 0 bridgehead atoms. The van der Waals surface area contributed by atoms with E-state index in [4.69, 9.17) is 4.74 Å². The molecule has 6 nitrogen and oxygen atoms in total. The second-order valence-corrected chi connectivity index (χ2v) is 5.63. The molecule has 1 fully saturated rings. The van der Waals surface area contributed by atoms with Crippen molar-refractivity contribution in [3.63, 3.8) is 0 Å². The largest absolute Gasteiger partial charge is 0.484 e. The Bertz CT molecular complexity index is 602. The van der Waals surface area contributed by atoms with Crippen molar-refractivity contribution in [2.75, 3.05) is 19.7 Å². The maximum absolute atomic E-state index is 12.2. The number of hydrogen-bond acceptors (Lipinski definition) is 4. The summed E-state index contributed by atoms with van der Waals surface area (Å²) in [5, 5.41) is 6.80. The minimum atomic E-state index is 0.0385. The third-order valence-corrected chi connectivity index (χ3v) is 4.05. The summed E-state index contributed by atoms with van der Waals surface area (Å²) >= 11 is 0. The Balaban J connectivity index is 1.46. The molecule has 22 heavy (non-hydrogen) atoms. The van der Waals surface area contributed by atoms with Crippen LogP contribution in [0.15, 0.2) is 30.6 Å². The monoisotopic (exact) mass is 300 g/mol. The highest BCUT2D eigenvalue weighted by Crippen LogP contribution is 2.25. The Kier molecular flexibility index (Phi) is 4.37. The summed E-state index contributed by atoms with van der Waals surface area (Å²) in [5.74, 6) is 2.06. The van der Waals surface area contributed by atoms with E-state index in [-0.39, 0.29) is 12.5 Å². The van der Waals surface area contributed by atoms with Crippen LogP contribution in [0.25, 0.3) is 0 Å². The normalized spacial score (nSPS) is 15.8. The van der Waals surface area contributed by atoms with Crippen molar-refractivity contribution < 1.29 is 9.53 Å². The number of likely N-dealkylation sites (tertiary alicyclic amines) is 1. The lowest BCUT2D eigenvalue weighted by Crippen LogP contribution is -2.40. The van der Waals surface area contributed by atoms with Gasteiger partial charge in [0.1, 0.15) is 17.9 Å². The number of nitrogens with zero attached hydrogens (tertiary/aromatic N) is 3. The lowest BCUT2D eigenvalue weighted by atomic mass is 9.96. The van der Waals surface area contributed by atoms with Crippen molar-refractivity contribution >= 4 is 5.91 Å². The summed E-state index contributed by atoms with van der Waals surface area (Å²) in [5.41, 5.74) is 1.17. The van der Waals surface area contributed by atoms with Crippen LogP contribution in [-0.4, -0.2) is 45.7 Å². The number of aromatic nitrogens is 3. The topological polar surface area (TPSA) is 71.1 Å². The van der Waals surface area contributed by atoms with Crippen LogP contribution in [0.1, 0.15) is 30.1 Å². The Hall–Kier alpha value is -2.37. The Morgan fingerprint density at radius 1 is 1.32 bits per heavy atom. The molecule has 1 N–H and O–H groups in total. The highest BCUT2D eigenvalue weighted by molar-refractivity contribution is 5.77. The van der Waals surface area contributed by atoms with E-state index in [1.54, 1.807) is 0 Å². The van der Waals surface area contributed by atoms with Crippen LogP contribution >= 0.6 is 0 Å². The molecule has 0 saturated carbocycles. The number of nitrogens with one attached hydrogen (secondary N) is 1. The number of carbonyl (C=O) groups excluding carboxylic acids is 1. The Labute approximate surface area is 129 Å². The van der Waals surface area contributed by atoms with Gasteiger partial charge in [-0.1, -0.05) is 17.7 Å². The van der Waals surface area contributed by atoms with E-state index in [1.165, 1.54) is 11.9 Å². The molecule has 1 aromatic carbocycles. The van der Waals surface area contributed by atoms with Crippen molar-refractivity contribution in [2.24, 2.45) is 0 Å². The molecular formula is C16H20N4O2. The average molecular weight is 300 g/mol. The summed E-state index contributed by atoms with van der Waals surface area (Å²) in [6, 6.07) is 7.73. The number of aryl methyl sites for hydroxylation is 1. The number of H-pyrrole nitrogens is 1. The number of amides is 1. The van der Waals surface area contributed by atoms with E-state index < -0.39 is 0 Å². The van der Waals surface area contributed by atoms with Gasteiger partial charge in [-0.25, -0.2) is 4.98 Å². The van der Waals surface area contributed by atoms with E-state index in [2.05, 4.69) is 15.2 Å². The predicted octanol–water partition coefficient (Wildman–Crippen LogP) is 1.90. The van der Waals surface area contributed by atoms with Crippen LogP contribution < -0.4 is 4.74 Å². The van der Waals surface area contributed by atoms with Crippen molar-refractivity contribution in [2.45, 2.75) is 25.7 Å². The number of hydrogen-bond donors (Lipinski definition) is 1. The minimum absolute atomic E-state index is 0.0385. The first-order chi connectivity index (χ1) is 10.7. The maximum atomic E-state index is 12.2. The molecule has 2 heterocycles. The molecule has 1 aliphatic rings. The molecule has 0 unspecified atom stereocenters. The van der Waals surface area contributed by atoms with Crippen LogP contribution in [0, 0.1) is 6.92 Å². The van der Waals surface area contributed by atoms with Gasteiger partial charge in [-0.2, -0.15) is 5.10 Å². The van der Waals surface area contributed by atoms with Crippen LogP contribution in [-0.2, 0) is 4.79 Å². The molecule has 0 aliphatic carbocycles. The third-order valence-electron chi connectivity index (χ3n) is 4.05. The van der Waals surface area contributed by atoms with Crippen molar-refractivity contribution in [1.29, 1.82) is 0 Å². The molecule has 1 aromatic heterocycles. The number of ether oxygens (including phenoxy) is 1. The molecule has 6 heteroatoms. The first kappa shape index (κ1) is 14.6. The fourth-order valence-electron chi connectivity index (χ4n) is 2.68. The molecule has 116 valence electrons. The summed E-state index contributed by atoms with van der Waals surface area (Å²) in [7, 11) is 0. The molecule has 0 radical (unpaired) electrons. The summed E-state index contributed by atoms with van der Waals surface area (Å²) < 4.78 is 5.56. The van der Waals surface area contributed by atoms with Gasteiger partial charge in [-0.3, -0.25) is 9.89 Å². The molecule has 2 aromatic rings. The van der Waals surface area contributed by atoms with E-state index in [9.17, 15) is 4.79 Å². The number of benzene rings is 1. The Morgan fingerprint density at radius 2 is 2.05 bits per heavy atom. The van der Waals surface area contributed by atoms with Crippen LogP contribution in [0.4, 0.5) is 0 Å². The van der Waals surface area contributed by atoms with Gasteiger partial charge in [0.25, 0.3) is 5.91 Å².